The zero-order chi connectivity index (χ0) is 25.3. The number of ether oxygens (including phenoxy) is 2. The number of H-pyrrole nitrogens is 1. The lowest BCUT2D eigenvalue weighted by Crippen LogP contribution is -2.32. The number of aromatic nitrogens is 2. The minimum atomic E-state index is -0.584. The predicted molar refractivity (Wildman–Crippen MR) is 131 cm³/mol. The van der Waals surface area contributed by atoms with Gasteiger partial charge in [0.1, 0.15) is 11.4 Å². The Hall–Kier alpha value is -4.41. The van der Waals surface area contributed by atoms with Crippen LogP contribution in [0.2, 0.25) is 0 Å². The highest BCUT2D eigenvalue weighted by Gasteiger charge is 2.23. The summed E-state index contributed by atoms with van der Waals surface area (Å²) in [7, 11) is 4.57. The fraction of sp³-hybridized carbons (Fsp3) is 0.292. The molecule has 0 radical (unpaired) electrons. The molecule has 3 aromatic rings. The van der Waals surface area contributed by atoms with Crippen molar-refractivity contribution < 1.29 is 19.4 Å². The number of fused-ring (bicyclic) bond motifs is 1. The first kappa shape index (κ1) is 23.7. The summed E-state index contributed by atoms with van der Waals surface area (Å²) in [4.78, 5) is 39.7. The number of phenols is 1. The number of nitrogens with one attached hydrogen (secondary N) is 3. The molecule has 2 heterocycles. The van der Waals surface area contributed by atoms with Crippen LogP contribution >= 0.6 is 0 Å². The van der Waals surface area contributed by atoms with Crippen molar-refractivity contribution >= 4 is 23.0 Å². The molecular formula is C24H27N5O6. The summed E-state index contributed by atoms with van der Waals surface area (Å²) < 4.78 is 11.9. The number of rotatable bonds is 7. The molecule has 1 aromatic heterocycles. The SMILES string of the molecule is CCC(Nc1c(Nc2cccc(C(=O)N(C)C)c2O)c(=O)[nH]n(C)c1=O)c1ccc2c(c1)OCO2. The number of amides is 1. The van der Waals surface area contributed by atoms with Crippen molar-refractivity contribution in [1.29, 1.82) is 0 Å². The Labute approximate surface area is 200 Å². The summed E-state index contributed by atoms with van der Waals surface area (Å²) in [5.74, 6) is 0.504. The number of hydrogen-bond donors (Lipinski definition) is 4. The molecule has 11 heteroatoms. The number of phenolic OH excluding ortho intramolecular Hbond substituents is 1. The molecule has 11 nitrogen and oxygen atoms in total. The first-order valence-electron chi connectivity index (χ1n) is 11.0. The number of carbonyl (C=O) groups excluding carboxylic acids is 1. The Morgan fingerprint density at radius 1 is 1.17 bits per heavy atom. The minimum absolute atomic E-state index is 0.0181. The van der Waals surface area contributed by atoms with E-state index < -0.39 is 17.0 Å². The Kier molecular flexibility index (Phi) is 6.41. The van der Waals surface area contributed by atoms with E-state index in [1.807, 2.05) is 19.1 Å². The molecule has 2 aromatic carbocycles. The second-order valence-corrected chi connectivity index (χ2v) is 8.30. The molecule has 1 unspecified atom stereocenters. The highest BCUT2D eigenvalue weighted by Crippen LogP contribution is 2.36. The van der Waals surface area contributed by atoms with Crippen LogP contribution in [0.15, 0.2) is 46.0 Å². The van der Waals surface area contributed by atoms with E-state index in [1.165, 1.54) is 24.1 Å². The lowest BCUT2D eigenvalue weighted by molar-refractivity contribution is 0.0824. The van der Waals surface area contributed by atoms with Gasteiger partial charge in [0, 0.05) is 21.1 Å². The first-order chi connectivity index (χ1) is 16.7. The molecule has 1 amide bonds. The van der Waals surface area contributed by atoms with Gasteiger partial charge in [-0.15, -0.1) is 0 Å². The number of anilines is 3. The molecule has 184 valence electrons. The van der Waals surface area contributed by atoms with Crippen LogP contribution in [0.3, 0.4) is 0 Å². The highest BCUT2D eigenvalue weighted by atomic mass is 16.7. The normalized spacial score (nSPS) is 12.8. The van der Waals surface area contributed by atoms with Crippen LogP contribution in [-0.2, 0) is 7.05 Å². The van der Waals surface area contributed by atoms with Crippen molar-refractivity contribution in [2.75, 3.05) is 31.5 Å². The van der Waals surface area contributed by atoms with Crippen molar-refractivity contribution in [2.45, 2.75) is 19.4 Å². The maximum Gasteiger partial charge on any atom is 0.290 e. The zero-order valence-electron chi connectivity index (χ0n) is 19.8. The second-order valence-electron chi connectivity index (χ2n) is 8.30. The van der Waals surface area contributed by atoms with Crippen molar-refractivity contribution in [3.05, 3.63) is 68.2 Å². The van der Waals surface area contributed by atoms with Crippen LogP contribution in [0.1, 0.15) is 35.3 Å². The maximum absolute atomic E-state index is 13.1. The molecule has 0 bridgehead atoms. The largest absolute Gasteiger partial charge is 0.505 e. The van der Waals surface area contributed by atoms with E-state index >= 15 is 0 Å². The summed E-state index contributed by atoms with van der Waals surface area (Å²) >= 11 is 0. The van der Waals surface area contributed by atoms with Crippen LogP contribution in [0.4, 0.5) is 17.1 Å². The Balaban J connectivity index is 1.75. The topological polar surface area (TPSA) is 138 Å². The number of hydrogen-bond acceptors (Lipinski definition) is 8. The molecule has 0 saturated carbocycles. The monoisotopic (exact) mass is 481 g/mol. The maximum atomic E-state index is 13.1. The fourth-order valence-corrected chi connectivity index (χ4v) is 3.82. The van der Waals surface area contributed by atoms with E-state index in [2.05, 4.69) is 15.7 Å². The third kappa shape index (κ3) is 4.52. The van der Waals surface area contributed by atoms with Gasteiger partial charge in [-0.05, 0) is 36.2 Å². The minimum Gasteiger partial charge on any atom is -0.505 e. The van der Waals surface area contributed by atoms with Crippen molar-refractivity contribution in [2.24, 2.45) is 7.05 Å². The van der Waals surface area contributed by atoms with Crippen LogP contribution in [-0.4, -0.2) is 46.6 Å². The van der Waals surface area contributed by atoms with Gasteiger partial charge in [0.25, 0.3) is 17.0 Å². The average Bonchev–Trinajstić information content (AvgIpc) is 3.31. The fourth-order valence-electron chi connectivity index (χ4n) is 3.82. The van der Waals surface area contributed by atoms with Gasteiger partial charge in [-0.1, -0.05) is 19.1 Å². The van der Waals surface area contributed by atoms with Crippen LogP contribution in [0, 0.1) is 0 Å². The third-order valence-electron chi connectivity index (χ3n) is 5.72. The summed E-state index contributed by atoms with van der Waals surface area (Å²) in [5.41, 5.74) is -0.129. The number of aryl methyl sites for hydroxylation is 1. The van der Waals surface area contributed by atoms with Crippen LogP contribution < -0.4 is 31.2 Å². The Morgan fingerprint density at radius 3 is 2.63 bits per heavy atom. The smallest absolute Gasteiger partial charge is 0.290 e. The molecule has 1 aliphatic rings. The van der Waals surface area contributed by atoms with Gasteiger partial charge in [0.05, 0.1) is 17.3 Å². The lowest BCUT2D eigenvalue weighted by atomic mass is 10.0. The number of aromatic amines is 1. The van der Waals surface area contributed by atoms with Crippen LogP contribution in [0.5, 0.6) is 17.2 Å². The van der Waals surface area contributed by atoms with Crippen LogP contribution in [0.25, 0.3) is 0 Å². The molecule has 0 aliphatic carbocycles. The molecule has 0 fully saturated rings. The highest BCUT2D eigenvalue weighted by molar-refractivity contribution is 5.98. The first-order valence-corrected chi connectivity index (χ1v) is 11.0. The standard InChI is InChI=1S/C24H27N5O6/c1-5-15(13-9-10-17-18(11-13)35-12-34-17)25-20-19(22(31)27-29(4)24(20)33)26-16-8-6-7-14(21(16)30)23(32)28(2)3/h6-11,15,25-26,30H,5,12H2,1-4H3,(H,27,31). The average molecular weight is 482 g/mol. The Morgan fingerprint density at radius 2 is 1.91 bits per heavy atom. The summed E-state index contributed by atoms with van der Waals surface area (Å²) in [6.07, 6.45) is 0.590. The Bertz CT molecular complexity index is 1390. The van der Waals surface area contributed by atoms with E-state index in [-0.39, 0.29) is 41.2 Å². The number of carbonyl (C=O) groups is 1. The molecule has 1 atom stereocenters. The number of benzene rings is 2. The quantitative estimate of drug-likeness (QED) is 0.378. The van der Waals surface area contributed by atoms with Crippen molar-refractivity contribution in [1.82, 2.24) is 14.7 Å². The van der Waals surface area contributed by atoms with Gasteiger partial charge in [-0.3, -0.25) is 24.2 Å². The summed E-state index contributed by atoms with van der Waals surface area (Å²) in [6.45, 7) is 2.08. The predicted octanol–water partition coefficient (Wildman–Crippen LogP) is 2.52. The van der Waals surface area contributed by atoms with E-state index in [4.69, 9.17) is 9.47 Å². The zero-order valence-corrected chi connectivity index (χ0v) is 19.8. The molecule has 1 aliphatic heterocycles. The van der Waals surface area contributed by atoms with Gasteiger partial charge >= 0.3 is 0 Å². The number of para-hydroxylation sites is 1. The molecule has 4 rings (SSSR count). The molecule has 0 spiro atoms. The van der Waals surface area contributed by atoms with E-state index in [9.17, 15) is 19.5 Å². The van der Waals surface area contributed by atoms with Gasteiger partial charge < -0.3 is 30.1 Å². The van der Waals surface area contributed by atoms with Crippen molar-refractivity contribution in [3.8, 4) is 17.2 Å². The van der Waals surface area contributed by atoms with E-state index in [1.54, 1.807) is 26.2 Å². The van der Waals surface area contributed by atoms with E-state index in [0.29, 0.717) is 17.9 Å². The third-order valence-corrected chi connectivity index (χ3v) is 5.72. The van der Waals surface area contributed by atoms with Gasteiger partial charge in [0.15, 0.2) is 17.2 Å². The number of aromatic hydroxyl groups is 1. The van der Waals surface area contributed by atoms with Crippen molar-refractivity contribution in [3.63, 3.8) is 0 Å². The van der Waals surface area contributed by atoms with Gasteiger partial charge in [-0.25, -0.2) is 0 Å². The second kappa shape index (κ2) is 9.45. The molecular weight excluding hydrogens is 454 g/mol. The summed E-state index contributed by atoms with van der Waals surface area (Å²) in [6, 6.07) is 9.71. The van der Waals surface area contributed by atoms with Gasteiger partial charge in [-0.2, -0.15) is 0 Å². The number of nitrogens with zero attached hydrogens (tertiary/aromatic N) is 2. The lowest BCUT2D eigenvalue weighted by Gasteiger charge is -2.22. The van der Waals surface area contributed by atoms with E-state index in [0.717, 1.165) is 10.2 Å². The van der Waals surface area contributed by atoms with Gasteiger partial charge in [0.2, 0.25) is 6.79 Å². The molecule has 35 heavy (non-hydrogen) atoms. The molecule has 0 saturated heterocycles. The summed E-state index contributed by atoms with van der Waals surface area (Å²) in [5, 5.41) is 19.2. The molecule has 4 N–H and O–H groups in total.